The van der Waals surface area contributed by atoms with E-state index in [1.165, 1.54) is 0 Å². The molecule has 0 bridgehead atoms. The van der Waals surface area contributed by atoms with Crippen LogP contribution in [0.25, 0.3) is 22.2 Å². The quantitative estimate of drug-likeness (QED) is 0.308. The van der Waals surface area contributed by atoms with Crippen LogP contribution in [0.4, 0.5) is 5.69 Å². The van der Waals surface area contributed by atoms with Crippen molar-refractivity contribution >= 4 is 26.6 Å². The fourth-order valence-corrected chi connectivity index (χ4v) is 6.64. The molecule has 2 aliphatic rings. The maximum atomic E-state index is 12.5. The lowest BCUT2D eigenvalue weighted by Crippen LogP contribution is -2.26. The van der Waals surface area contributed by atoms with Crippen LogP contribution in [0, 0.1) is 17.2 Å². The highest BCUT2D eigenvalue weighted by molar-refractivity contribution is 7.92. The second-order valence-corrected chi connectivity index (χ2v) is 11.6. The van der Waals surface area contributed by atoms with Gasteiger partial charge in [0, 0.05) is 35.6 Å². The van der Waals surface area contributed by atoms with Crippen molar-refractivity contribution in [2.24, 2.45) is 5.92 Å². The summed E-state index contributed by atoms with van der Waals surface area (Å²) in [5, 5.41) is 11.0. The Morgan fingerprint density at radius 2 is 1.76 bits per heavy atom. The van der Waals surface area contributed by atoms with Crippen molar-refractivity contribution in [2.45, 2.75) is 44.6 Å². The van der Waals surface area contributed by atoms with Crippen LogP contribution in [0.1, 0.15) is 50.1 Å². The van der Waals surface area contributed by atoms with Gasteiger partial charge in [-0.3, -0.25) is 4.72 Å². The number of ether oxygens (including phenoxy) is 1. The third kappa shape index (κ3) is 4.65. The van der Waals surface area contributed by atoms with E-state index in [1.807, 2.05) is 30.3 Å². The van der Waals surface area contributed by atoms with E-state index in [1.54, 1.807) is 30.6 Å². The van der Waals surface area contributed by atoms with E-state index < -0.39 is 10.0 Å². The molecule has 0 amide bonds. The molecule has 8 nitrogen and oxygen atoms in total. The number of rotatable bonds is 8. The average molecular weight is 514 g/mol. The van der Waals surface area contributed by atoms with Gasteiger partial charge in [-0.1, -0.05) is 18.6 Å². The number of benzene rings is 2. The first-order chi connectivity index (χ1) is 18.0. The summed E-state index contributed by atoms with van der Waals surface area (Å²) in [4.78, 5) is 8.28. The van der Waals surface area contributed by atoms with Crippen LogP contribution >= 0.6 is 0 Å². The molecule has 6 rings (SSSR count). The van der Waals surface area contributed by atoms with Crippen LogP contribution in [0.3, 0.4) is 0 Å². The fraction of sp³-hybridized carbons (Fsp3) is 0.321. The minimum Gasteiger partial charge on any atom is -0.424 e. The normalized spacial score (nSPS) is 16.1. The molecule has 2 fully saturated rings. The predicted octanol–water partition coefficient (Wildman–Crippen LogP) is 6.03. The zero-order valence-electron chi connectivity index (χ0n) is 20.3. The van der Waals surface area contributed by atoms with Crippen LogP contribution in [-0.2, 0) is 10.0 Å². The summed E-state index contributed by atoms with van der Waals surface area (Å²) in [6, 6.07) is 17.7. The number of aromatic nitrogens is 3. The molecule has 0 saturated heterocycles. The molecular formula is C28H27N5O3S. The van der Waals surface area contributed by atoms with Crippen LogP contribution in [0.15, 0.2) is 60.9 Å². The van der Waals surface area contributed by atoms with E-state index in [-0.39, 0.29) is 23.7 Å². The first-order valence-electron chi connectivity index (χ1n) is 12.6. The highest BCUT2D eigenvalue weighted by Crippen LogP contribution is 2.43. The third-order valence-corrected chi connectivity index (χ3v) is 8.85. The molecule has 2 aliphatic carbocycles. The number of hydrogen-bond acceptors (Lipinski definition) is 6. The van der Waals surface area contributed by atoms with Crippen LogP contribution < -0.4 is 9.46 Å². The molecule has 2 aromatic heterocycles. The first-order valence-corrected chi connectivity index (χ1v) is 14.3. The standard InChI is InChI=1S/C28H27N5O3S/c29-17-25-24-13-12-23(36-28-30-14-3-15-31-28)16-26(24)33(22-6-2-7-22)27(25)20-8-10-21(11-9-20)32-37(34,35)18-19-4-1-5-19/h3,8-16,19,22,32H,1-2,4-7,18H2. The second-order valence-electron chi connectivity index (χ2n) is 9.86. The molecule has 2 heterocycles. The minimum atomic E-state index is -3.38. The molecule has 0 aliphatic heterocycles. The van der Waals surface area contributed by atoms with Crippen molar-refractivity contribution in [1.82, 2.24) is 14.5 Å². The number of nitriles is 1. The topological polar surface area (TPSA) is 110 Å². The van der Waals surface area contributed by atoms with E-state index in [0.717, 1.165) is 60.7 Å². The maximum absolute atomic E-state index is 12.5. The van der Waals surface area contributed by atoms with Crippen LogP contribution in [0.2, 0.25) is 0 Å². The van der Waals surface area contributed by atoms with Gasteiger partial charge in [0.15, 0.2) is 0 Å². The van der Waals surface area contributed by atoms with Crippen molar-refractivity contribution in [3.05, 3.63) is 66.5 Å². The molecule has 0 unspecified atom stereocenters. The molecule has 9 heteroatoms. The zero-order valence-corrected chi connectivity index (χ0v) is 21.1. The lowest BCUT2D eigenvalue weighted by atomic mass is 9.87. The summed E-state index contributed by atoms with van der Waals surface area (Å²) >= 11 is 0. The first kappa shape index (κ1) is 23.5. The summed E-state index contributed by atoms with van der Waals surface area (Å²) in [6.45, 7) is 0. The number of anilines is 1. The number of fused-ring (bicyclic) bond motifs is 1. The number of hydrogen-bond donors (Lipinski definition) is 1. The van der Waals surface area contributed by atoms with E-state index in [0.29, 0.717) is 17.0 Å². The molecule has 0 radical (unpaired) electrons. The fourth-order valence-electron chi connectivity index (χ4n) is 5.11. The smallest absolute Gasteiger partial charge is 0.321 e. The van der Waals surface area contributed by atoms with Gasteiger partial charge in [0.05, 0.1) is 22.5 Å². The number of nitrogens with one attached hydrogen (secondary N) is 1. The van der Waals surface area contributed by atoms with Gasteiger partial charge in [0.2, 0.25) is 10.0 Å². The Morgan fingerprint density at radius 3 is 2.38 bits per heavy atom. The van der Waals surface area contributed by atoms with Crippen molar-refractivity contribution in [3.8, 4) is 29.1 Å². The largest absolute Gasteiger partial charge is 0.424 e. The average Bonchev–Trinajstić information content (AvgIpc) is 3.15. The van der Waals surface area contributed by atoms with Gasteiger partial charge < -0.3 is 9.30 Å². The third-order valence-electron chi connectivity index (χ3n) is 7.39. The van der Waals surface area contributed by atoms with Crippen LogP contribution in [-0.4, -0.2) is 28.7 Å². The molecule has 188 valence electrons. The van der Waals surface area contributed by atoms with E-state index >= 15 is 0 Å². The number of sulfonamides is 1. The summed E-state index contributed by atoms with van der Waals surface area (Å²) < 4.78 is 35.9. The van der Waals surface area contributed by atoms with E-state index in [4.69, 9.17) is 4.74 Å². The van der Waals surface area contributed by atoms with Gasteiger partial charge in [-0.2, -0.15) is 5.26 Å². The zero-order chi connectivity index (χ0) is 25.4. The van der Waals surface area contributed by atoms with E-state index in [2.05, 4.69) is 25.3 Å². The highest BCUT2D eigenvalue weighted by atomic mass is 32.2. The van der Waals surface area contributed by atoms with Crippen molar-refractivity contribution in [1.29, 1.82) is 5.26 Å². The van der Waals surface area contributed by atoms with Gasteiger partial charge in [-0.15, -0.1) is 0 Å². The molecular weight excluding hydrogens is 486 g/mol. The molecule has 1 N–H and O–H groups in total. The van der Waals surface area contributed by atoms with Gasteiger partial charge in [0.25, 0.3) is 0 Å². The van der Waals surface area contributed by atoms with Crippen molar-refractivity contribution in [2.75, 3.05) is 10.5 Å². The Labute approximate surface area is 216 Å². The van der Waals surface area contributed by atoms with Crippen LogP contribution in [0.5, 0.6) is 11.8 Å². The number of nitrogens with zero attached hydrogens (tertiary/aromatic N) is 4. The Balaban J connectivity index is 1.37. The monoisotopic (exact) mass is 513 g/mol. The van der Waals surface area contributed by atoms with Gasteiger partial charge >= 0.3 is 6.01 Å². The molecule has 0 spiro atoms. The summed E-state index contributed by atoms with van der Waals surface area (Å²) in [7, 11) is -3.38. The summed E-state index contributed by atoms with van der Waals surface area (Å²) in [5.41, 5.74) is 3.78. The van der Waals surface area contributed by atoms with Crippen molar-refractivity contribution in [3.63, 3.8) is 0 Å². The highest BCUT2D eigenvalue weighted by Gasteiger charge is 2.28. The Morgan fingerprint density at radius 1 is 1.03 bits per heavy atom. The molecule has 37 heavy (non-hydrogen) atoms. The van der Waals surface area contributed by atoms with Crippen molar-refractivity contribution < 1.29 is 13.2 Å². The Kier molecular flexibility index (Phi) is 6.05. The lowest BCUT2D eigenvalue weighted by Gasteiger charge is -2.30. The predicted molar refractivity (Wildman–Crippen MR) is 142 cm³/mol. The molecule has 2 aromatic carbocycles. The van der Waals surface area contributed by atoms with Gasteiger partial charge in [-0.05, 0) is 73.9 Å². The summed E-state index contributed by atoms with van der Waals surface area (Å²) in [5.74, 6) is 1.03. The lowest BCUT2D eigenvalue weighted by molar-refractivity contribution is 0.324. The minimum absolute atomic E-state index is 0.168. The SMILES string of the molecule is N#Cc1c(-c2ccc(NS(=O)(=O)CC3CCC3)cc2)n(C2CCC2)c2cc(Oc3ncccn3)ccc12. The molecule has 4 aromatic rings. The van der Waals surface area contributed by atoms with Gasteiger partial charge in [0.1, 0.15) is 11.8 Å². The Hall–Kier alpha value is -3.90. The van der Waals surface area contributed by atoms with Gasteiger partial charge in [-0.25, -0.2) is 18.4 Å². The maximum Gasteiger partial charge on any atom is 0.321 e. The Bertz CT molecular complexity index is 1580. The molecule has 0 atom stereocenters. The second kappa shape index (κ2) is 9.52. The summed E-state index contributed by atoms with van der Waals surface area (Å²) in [6.07, 6.45) is 9.53. The molecule has 2 saturated carbocycles. The van der Waals surface area contributed by atoms with E-state index in [9.17, 15) is 13.7 Å².